The van der Waals surface area contributed by atoms with Gasteiger partial charge in [-0.15, -0.1) is 0 Å². The maximum atomic E-state index is 12.3. The first-order valence-electron chi connectivity index (χ1n) is 5.93. The van der Waals surface area contributed by atoms with Gasteiger partial charge in [-0.1, -0.05) is 48.0 Å². The van der Waals surface area contributed by atoms with Crippen molar-refractivity contribution in [3.63, 3.8) is 0 Å². The number of aryl methyl sites for hydroxylation is 1. The van der Waals surface area contributed by atoms with Crippen molar-refractivity contribution in [3.8, 4) is 0 Å². The number of hydrogen-bond acceptors (Lipinski definition) is 2. The zero-order valence-corrected chi connectivity index (χ0v) is 10.9. The summed E-state index contributed by atoms with van der Waals surface area (Å²) in [6, 6.07) is 17.7. The second kappa shape index (κ2) is 4.67. The van der Waals surface area contributed by atoms with Crippen LogP contribution in [-0.4, -0.2) is 9.64 Å². The molecule has 0 bridgehead atoms. The normalized spacial score (nSPS) is 23.6. The Kier molecular flexibility index (Phi) is 3.02. The van der Waals surface area contributed by atoms with Crippen LogP contribution in [0.1, 0.15) is 17.2 Å². The van der Waals surface area contributed by atoms with Crippen LogP contribution < -0.4 is 0 Å². The first-order valence-corrected chi connectivity index (χ1v) is 7.14. The summed E-state index contributed by atoms with van der Waals surface area (Å²) in [5, 5.41) is 0. The Morgan fingerprint density at radius 2 is 1.67 bits per heavy atom. The van der Waals surface area contributed by atoms with Gasteiger partial charge in [-0.2, -0.15) is 0 Å². The van der Waals surface area contributed by atoms with Gasteiger partial charge in [0.1, 0.15) is 6.10 Å². The summed E-state index contributed by atoms with van der Waals surface area (Å²) in [5.41, 5.74) is 2.07. The molecule has 0 N–H and O–H groups in total. The molecular formula is C15H14O2S. The van der Waals surface area contributed by atoms with E-state index in [0.717, 1.165) is 10.5 Å². The molecule has 3 heteroatoms. The zero-order valence-electron chi connectivity index (χ0n) is 10.1. The largest absolute Gasteiger partial charge is 0.350 e. The number of benzene rings is 2. The molecule has 0 aliphatic carbocycles. The molecule has 0 unspecified atom stereocenters. The Balaban J connectivity index is 1.75. The molecule has 1 aliphatic heterocycles. The van der Waals surface area contributed by atoms with E-state index in [1.54, 1.807) is 0 Å². The topological polar surface area (TPSA) is 29.6 Å². The monoisotopic (exact) mass is 258 g/mol. The van der Waals surface area contributed by atoms with Gasteiger partial charge in [0.15, 0.2) is 5.44 Å². The lowest BCUT2D eigenvalue weighted by Gasteiger charge is -1.99. The lowest BCUT2D eigenvalue weighted by atomic mass is 10.2. The third-order valence-electron chi connectivity index (χ3n) is 3.04. The van der Waals surface area contributed by atoms with Crippen molar-refractivity contribution in [3.05, 3.63) is 65.7 Å². The fourth-order valence-electron chi connectivity index (χ4n) is 1.95. The fraction of sp³-hybridized carbons (Fsp3) is 0.200. The Hall–Kier alpha value is -1.45. The van der Waals surface area contributed by atoms with E-state index in [-0.39, 0.29) is 11.5 Å². The van der Waals surface area contributed by atoms with Crippen molar-refractivity contribution < 1.29 is 8.95 Å². The van der Waals surface area contributed by atoms with E-state index in [2.05, 4.69) is 0 Å². The molecule has 0 radical (unpaired) electrons. The second-order valence-electron chi connectivity index (χ2n) is 4.45. The Morgan fingerprint density at radius 3 is 2.33 bits per heavy atom. The molecule has 3 rings (SSSR count). The van der Waals surface area contributed by atoms with Gasteiger partial charge in [0.05, 0.1) is 10.8 Å². The van der Waals surface area contributed by atoms with Gasteiger partial charge < -0.3 is 4.74 Å². The summed E-state index contributed by atoms with van der Waals surface area (Å²) in [7, 11) is -1.09. The predicted molar refractivity (Wildman–Crippen MR) is 71.6 cm³/mol. The summed E-state index contributed by atoms with van der Waals surface area (Å²) in [6.45, 7) is 2.02. The van der Waals surface area contributed by atoms with Crippen LogP contribution in [0.4, 0.5) is 0 Å². The average molecular weight is 258 g/mol. The lowest BCUT2D eigenvalue weighted by molar-refractivity contribution is 0.403. The Morgan fingerprint density at radius 1 is 1.00 bits per heavy atom. The molecule has 0 saturated carbocycles. The summed E-state index contributed by atoms with van der Waals surface area (Å²) in [5.74, 6) is 0. The van der Waals surface area contributed by atoms with Gasteiger partial charge in [0.25, 0.3) is 0 Å². The quantitative estimate of drug-likeness (QED) is 0.791. The molecule has 3 atom stereocenters. The van der Waals surface area contributed by atoms with Crippen molar-refractivity contribution in [2.45, 2.75) is 23.4 Å². The van der Waals surface area contributed by atoms with Crippen molar-refractivity contribution in [1.29, 1.82) is 0 Å². The van der Waals surface area contributed by atoms with Crippen molar-refractivity contribution in [1.82, 2.24) is 0 Å². The molecule has 1 fully saturated rings. The highest BCUT2D eigenvalue weighted by molar-refractivity contribution is 7.85. The highest BCUT2D eigenvalue weighted by Crippen LogP contribution is 2.42. The summed E-state index contributed by atoms with van der Waals surface area (Å²) in [6.07, 6.45) is -0.0201. The molecule has 0 aromatic heterocycles. The van der Waals surface area contributed by atoms with E-state index in [1.165, 1.54) is 5.56 Å². The molecule has 1 heterocycles. The number of ether oxygens (including phenoxy) is 1. The van der Waals surface area contributed by atoms with Crippen LogP contribution in [0, 0.1) is 6.92 Å². The van der Waals surface area contributed by atoms with Gasteiger partial charge in [0.2, 0.25) is 0 Å². The first-order chi connectivity index (χ1) is 8.75. The van der Waals surface area contributed by atoms with Gasteiger partial charge in [0, 0.05) is 4.90 Å². The van der Waals surface area contributed by atoms with Crippen LogP contribution in [0.15, 0.2) is 59.5 Å². The Labute approximate surface area is 109 Å². The molecule has 2 aromatic carbocycles. The summed E-state index contributed by atoms with van der Waals surface area (Å²) >= 11 is 0. The minimum absolute atomic E-state index is 0.0201. The summed E-state index contributed by atoms with van der Waals surface area (Å²) < 4.78 is 17.8. The predicted octanol–water partition coefficient (Wildman–Crippen LogP) is 3.20. The van der Waals surface area contributed by atoms with Gasteiger partial charge >= 0.3 is 0 Å². The minimum atomic E-state index is -1.09. The van der Waals surface area contributed by atoms with E-state index in [9.17, 15) is 4.21 Å². The van der Waals surface area contributed by atoms with Crippen molar-refractivity contribution in [2.75, 3.05) is 0 Å². The average Bonchev–Trinajstić information content (AvgIpc) is 3.20. The molecule has 1 saturated heterocycles. The van der Waals surface area contributed by atoms with Gasteiger partial charge in [-0.3, -0.25) is 4.21 Å². The number of rotatable bonds is 3. The van der Waals surface area contributed by atoms with Crippen LogP contribution in [0.5, 0.6) is 0 Å². The zero-order chi connectivity index (χ0) is 12.5. The fourth-order valence-corrected chi connectivity index (χ4v) is 3.22. The van der Waals surface area contributed by atoms with E-state index in [4.69, 9.17) is 4.74 Å². The van der Waals surface area contributed by atoms with Crippen LogP contribution in [0.25, 0.3) is 0 Å². The smallest absolute Gasteiger partial charge is 0.168 e. The highest BCUT2D eigenvalue weighted by Gasteiger charge is 2.45. The SMILES string of the molecule is Cc1ccc([S@@](=O)[C@@H]2O[C@H]2c2ccccc2)cc1. The summed E-state index contributed by atoms with van der Waals surface area (Å²) in [4.78, 5) is 0.837. The maximum absolute atomic E-state index is 12.3. The van der Waals surface area contributed by atoms with E-state index >= 15 is 0 Å². The minimum Gasteiger partial charge on any atom is -0.350 e. The van der Waals surface area contributed by atoms with E-state index in [0.29, 0.717) is 0 Å². The van der Waals surface area contributed by atoms with Crippen LogP contribution in [0.3, 0.4) is 0 Å². The number of hydrogen-bond donors (Lipinski definition) is 0. The van der Waals surface area contributed by atoms with Crippen molar-refractivity contribution in [2.24, 2.45) is 0 Å². The molecule has 18 heavy (non-hydrogen) atoms. The third kappa shape index (κ3) is 2.24. The molecule has 2 nitrogen and oxygen atoms in total. The molecule has 92 valence electrons. The third-order valence-corrected chi connectivity index (χ3v) is 4.56. The lowest BCUT2D eigenvalue weighted by Crippen LogP contribution is -2.00. The number of epoxide rings is 1. The second-order valence-corrected chi connectivity index (χ2v) is 5.98. The molecule has 2 aromatic rings. The standard InChI is InChI=1S/C15H14O2S/c1-11-7-9-13(10-8-11)18(16)15-14(17-15)12-5-3-2-4-6-12/h2-10,14-15H,1H3/t14-,15-,18+/m0/s1. The van der Waals surface area contributed by atoms with Gasteiger partial charge in [-0.05, 0) is 24.6 Å². The molecule has 0 spiro atoms. The Bertz CT molecular complexity index is 563. The van der Waals surface area contributed by atoms with Crippen LogP contribution in [-0.2, 0) is 15.5 Å². The molecule has 1 aliphatic rings. The molecule has 0 amide bonds. The van der Waals surface area contributed by atoms with E-state index in [1.807, 2.05) is 61.5 Å². The maximum Gasteiger partial charge on any atom is 0.168 e. The van der Waals surface area contributed by atoms with Crippen molar-refractivity contribution >= 4 is 10.8 Å². The van der Waals surface area contributed by atoms with Crippen LogP contribution >= 0.6 is 0 Å². The molecular weight excluding hydrogens is 244 g/mol. The van der Waals surface area contributed by atoms with Gasteiger partial charge in [-0.25, -0.2) is 0 Å². The highest BCUT2D eigenvalue weighted by atomic mass is 32.2. The first kappa shape index (κ1) is 11.6. The van der Waals surface area contributed by atoms with Crippen LogP contribution in [0.2, 0.25) is 0 Å². The van der Waals surface area contributed by atoms with E-state index < -0.39 is 10.8 Å².